The van der Waals surface area contributed by atoms with Gasteiger partial charge < -0.3 is 15.4 Å². The minimum atomic E-state index is -4.65. The van der Waals surface area contributed by atoms with Crippen molar-refractivity contribution in [2.24, 2.45) is 0 Å². The molecule has 0 saturated heterocycles. The summed E-state index contributed by atoms with van der Waals surface area (Å²) in [7, 11) is 0. The Bertz CT molecular complexity index is 1490. The number of nitrogens with one attached hydrogen (secondary N) is 2. The van der Waals surface area contributed by atoms with E-state index in [1.54, 1.807) is 6.92 Å². The van der Waals surface area contributed by atoms with Crippen molar-refractivity contribution in [3.8, 4) is 0 Å². The van der Waals surface area contributed by atoms with E-state index in [9.17, 15) is 32.3 Å². The maximum absolute atomic E-state index is 13.2. The molecule has 0 aromatic heterocycles. The van der Waals surface area contributed by atoms with E-state index in [1.165, 1.54) is 60.7 Å². The number of esters is 1. The van der Waals surface area contributed by atoms with Crippen LogP contribution >= 0.6 is 11.6 Å². The highest BCUT2D eigenvalue weighted by atomic mass is 35.5. The summed E-state index contributed by atoms with van der Waals surface area (Å²) >= 11 is 6.14. The summed E-state index contributed by atoms with van der Waals surface area (Å²) in [4.78, 5) is 50.9. The maximum atomic E-state index is 13.2. The largest absolute Gasteiger partial charge is 0.462 e. The zero-order chi connectivity index (χ0) is 28.3. The molecule has 0 atom stereocenters. The maximum Gasteiger partial charge on any atom is 0.418 e. The van der Waals surface area contributed by atoms with Gasteiger partial charge in [-0.1, -0.05) is 23.7 Å². The molecule has 3 amide bonds. The van der Waals surface area contributed by atoms with Gasteiger partial charge in [-0.3, -0.25) is 14.4 Å². The van der Waals surface area contributed by atoms with Crippen molar-refractivity contribution in [2.45, 2.75) is 13.1 Å². The lowest BCUT2D eigenvalue weighted by molar-refractivity contribution is -0.137. The number of amides is 3. The van der Waals surface area contributed by atoms with Gasteiger partial charge in [0.25, 0.3) is 17.7 Å². The molecule has 8 nitrogen and oxygen atoms in total. The first-order valence-electron chi connectivity index (χ1n) is 11.4. The standard InChI is InChI=1S/C27H19ClF3N3O5/c1-2-39-26(38)16-9-13-18(14-10-16)34-24(36)21(28)22(25(34)37)32-17-11-7-15(8-12-17)23(35)33-20-6-4-3-5-19(20)27(29,30)31/h3-14,32H,2H2,1H3,(H,33,35). The van der Waals surface area contributed by atoms with Crippen molar-refractivity contribution in [2.75, 3.05) is 22.1 Å². The lowest BCUT2D eigenvalue weighted by Crippen LogP contribution is -2.32. The van der Waals surface area contributed by atoms with Crippen LogP contribution in [0.15, 0.2) is 83.5 Å². The number of rotatable bonds is 7. The summed E-state index contributed by atoms with van der Waals surface area (Å²) in [5.41, 5.74) is -0.831. The molecule has 3 aromatic carbocycles. The fourth-order valence-corrected chi connectivity index (χ4v) is 3.90. The van der Waals surface area contributed by atoms with Gasteiger partial charge in [0, 0.05) is 11.3 Å². The summed E-state index contributed by atoms with van der Waals surface area (Å²) in [5.74, 6) is -2.87. The second-order valence-electron chi connectivity index (χ2n) is 8.10. The van der Waals surface area contributed by atoms with Gasteiger partial charge in [-0.15, -0.1) is 0 Å². The average Bonchev–Trinajstić information content (AvgIpc) is 3.12. The Morgan fingerprint density at radius 1 is 0.897 bits per heavy atom. The van der Waals surface area contributed by atoms with Crippen LogP contribution in [0.1, 0.15) is 33.2 Å². The first kappa shape index (κ1) is 27.4. The van der Waals surface area contributed by atoms with E-state index in [0.29, 0.717) is 0 Å². The molecule has 0 aliphatic carbocycles. The molecular weight excluding hydrogens is 539 g/mol. The Labute approximate surface area is 225 Å². The highest BCUT2D eigenvalue weighted by Crippen LogP contribution is 2.35. The molecule has 3 aromatic rings. The second-order valence-corrected chi connectivity index (χ2v) is 8.48. The van der Waals surface area contributed by atoms with E-state index in [1.807, 2.05) is 0 Å². The molecule has 2 N–H and O–H groups in total. The predicted octanol–water partition coefficient (Wildman–Crippen LogP) is 5.57. The van der Waals surface area contributed by atoms with Crippen molar-refractivity contribution in [1.82, 2.24) is 0 Å². The number of anilines is 3. The van der Waals surface area contributed by atoms with E-state index >= 15 is 0 Å². The van der Waals surface area contributed by atoms with E-state index in [-0.39, 0.29) is 45.5 Å². The number of carbonyl (C=O) groups is 4. The Kier molecular flexibility index (Phi) is 7.73. The van der Waals surface area contributed by atoms with Gasteiger partial charge >= 0.3 is 12.1 Å². The van der Waals surface area contributed by atoms with Crippen LogP contribution < -0.4 is 15.5 Å². The number of hydrogen-bond acceptors (Lipinski definition) is 6. The van der Waals surface area contributed by atoms with Crippen LogP contribution in [0, 0.1) is 0 Å². The molecule has 0 unspecified atom stereocenters. The van der Waals surface area contributed by atoms with Crippen LogP contribution in [-0.2, 0) is 20.5 Å². The Balaban J connectivity index is 1.46. The first-order chi connectivity index (χ1) is 18.5. The minimum absolute atomic E-state index is 0.0507. The summed E-state index contributed by atoms with van der Waals surface area (Å²) in [6, 6.07) is 15.7. The number of halogens is 4. The number of ether oxygens (including phenoxy) is 1. The van der Waals surface area contributed by atoms with Gasteiger partial charge in [0.15, 0.2) is 0 Å². The second kappa shape index (κ2) is 11.0. The van der Waals surface area contributed by atoms with Crippen LogP contribution in [-0.4, -0.2) is 30.3 Å². The summed E-state index contributed by atoms with van der Waals surface area (Å²) in [6.07, 6.45) is -4.65. The number of hydrogen-bond donors (Lipinski definition) is 2. The number of carbonyl (C=O) groups excluding carboxylic acids is 4. The van der Waals surface area contributed by atoms with Crippen molar-refractivity contribution < 1.29 is 37.1 Å². The highest BCUT2D eigenvalue weighted by Gasteiger charge is 2.39. The zero-order valence-electron chi connectivity index (χ0n) is 20.1. The molecule has 0 spiro atoms. The van der Waals surface area contributed by atoms with Crippen LogP contribution in [0.5, 0.6) is 0 Å². The number of imide groups is 1. The number of para-hydroxylation sites is 1. The Morgan fingerprint density at radius 2 is 1.51 bits per heavy atom. The fraction of sp³-hybridized carbons (Fsp3) is 0.111. The van der Waals surface area contributed by atoms with E-state index < -0.39 is 35.4 Å². The van der Waals surface area contributed by atoms with Gasteiger partial charge in [-0.25, -0.2) is 9.69 Å². The van der Waals surface area contributed by atoms with Crippen LogP contribution in [0.2, 0.25) is 0 Å². The van der Waals surface area contributed by atoms with Gasteiger partial charge in [-0.2, -0.15) is 13.2 Å². The van der Waals surface area contributed by atoms with E-state index in [2.05, 4.69) is 10.6 Å². The summed E-state index contributed by atoms with van der Waals surface area (Å²) < 4.78 is 44.5. The van der Waals surface area contributed by atoms with Crippen molar-refractivity contribution in [1.29, 1.82) is 0 Å². The molecule has 1 aliphatic heterocycles. The fourth-order valence-electron chi connectivity index (χ4n) is 3.69. The third-order valence-electron chi connectivity index (χ3n) is 5.56. The molecule has 0 fully saturated rings. The molecule has 1 aliphatic rings. The van der Waals surface area contributed by atoms with Crippen molar-refractivity contribution in [3.05, 3.63) is 100 Å². The SMILES string of the molecule is CCOC(=O)c1ccc(N2C(=O)C(Cl)=C(Nc3ccc(C(=O)Nc4ccccc4C(F)(F)F)cc3)C2=O)cc1. The van der Waals surface area contributed by atoms with Gasteiger partial charge in [-0.05, 0) is 67.6 Å². The van der Waals surface area contributed by atoms with Crippen LogP contribution in [0.4, 0.5) is 30.2 Å². The molecule has 1 heterocycles. The number of alkyl halides is 3. The van der Waals surface area contributed by atoms with Crippen LogP contribution in [0.25, 0.3) is 0 Å². The quantitative estimate of drug-likeness (QED) is 0.291. The van der Waals surface area contributed by atoms with Gasteiger partial charge in [0.2, 0.25) is 0 Å². The van der Waals surface area contributed by atoms with Crippen molar-refractivity contribution >= 4 is 52.4 Å². The smallest absolute Gasteiger partial charge is 0.418 e. The van der Waals surface area contributed by atoms with Crippen LogP contribution in [0.3, 0.4) is 0 Å². The molecule has 4 rings (SSSR count). The van der Waals surface area contributed by atoms with E-state index in [0.717, 1.165) is 17.0 Å². The first-order valence-corrected chi connectivity index (χ1v) is 11.8. The van der Waals surface area contributed by atoms with Crippen molar-refractivity contribution in [3.63, 3.8) is 0 Å². The lowest BCUT2D eigenvalue weighted by Gasteiger charge is -2.15. The molecular formula is C27H19ClF3N3O5. The predicted molar refractivity (Wildman–Crippen MR) is 137 cm³/mol. The number of nitrogens with zero attached hydrogens (tertiary/aromatic N) is 1. The zero-order valence-corrected chi connectivity index (χ0v) is 20.9. The average molecular weight is 558 g/mol. The molecule has 200 valence electrons. The van der Waals surface area contributed by atoms with Gasteiger partial charge in [0.1, 0.15) is 10.7 Å². The monoisotopic (exact) mass is 557 g/mol. The Morgan fingerprint density at radius 3 is 2.13 bits per heavy atom. The lowest BCUT2D eigenvalue weighted by atomic mass is 10.1. The normalized spacial score (nSPS) is 13.5. The third kappa shape index (κ3) is 5.78. The Hall–Kier alpha value is -4.64. The topological polar surface area (TPSA) is 105 Å². The molecule has 0 radical (unpaired) electrons. The summed E-state index contributed by atoms with van der Waals surface area (Å²) in [6.45, 7) is 1.85. The molecule has 0 bridgehead atoms. The molecule has 39 heavy (non-hydrogen) atoms. The van der Waals surface area contributed by atoms with E-state index in [4.69, 9.17) is 16.3 Å². The number of benzene rings is 3. The van der Waals surface area contributed by atoms with Gasteiger partial charge in [0.05, 0.1) is 29.1 Å². The highest BCUT2D eigenvalue weighted by molar-refractivity contribution is 6.53. The summed E-state index contributed by atoms with van der Waals surface area (Å²) in [5, 5.41) is 4.61. The molecule has 12 heteroatoms. The minimum Gasteiger partial charge on any atom is -0.462 e. The molecule has 0 saturated carbocycles. The third-order valence-corrected chi connectivity index (χ3v) is 5.91.